The summed E-state index contributed by atoms with van der Waals surface area (Å²) in [7, 11) is 1.89. The topological polar surface area (TPSA) is 32.3 Å². The molecule has 0 radical (unpaired) electrons. The molecule has 2 unspecified atom stereocenters. The number of benzene rings is 1. The van der Waals surface area contributed by atoms with Gasteiger partial charge in [-0.05, 0) is 43.5 Å². The first-order valence-electron chi connectivity index (χ1n) is 7.90. The first-order chi connectivity index (χ1) is 10.8. The number of halogens is 4. The van der Waals surface area contributed by atoms with E-state index in [1.54, 1.807) is 13.0 Å². The van der Waals surface area contributed by atoms with Crippen molar-refractivity contribution in [2.45, 2.75) is 31.9 Å². The summed E-state index contributed by atoms with van der Waals surface area (Å²) in [6, 6.07) is 5.26. The van der Waals surface area contributed by atoms with Gasteiger partial charge in [-0.1, -0.05) is 25.1 Å². The molecule has 1 fully saturated rings. The fourth-order valence-corrected chi connectivity index (χ4v) is 3.04. The minimum atomic E-state index is -4.35. The van der Waals surface area contributed by atoms with Crippen LogP contribution < -0.4 is 5.32 Å². The van der Waals surface area contributed by atoms with Crippen molar-refractivity contribution < 1.29 is 18.0 Å². The van der Waals surface area contributed by atoms with Crippen LogP contribution >= 0.6 is 12.4 Å². The van der Waals surface area contributed by atoms with Crippen LogP contribution in [0, 0.1) is 5.92 Å². The third-order valence-electron chi connectivity index (χ3n) is 4.40. The quantitative estimate of drug-likeness (QED) is 0.864. The van der Waals surface area contributed by atoms with Crippen molar-refractivity contribution in [2.75, 3.05) is 26.7 Å². The molecule has 136 valence electrons. The van der Waals surface area contributed by atoms with Crippen LogP contribution in [0.3, 0.4) is 0 Å². The van der Waals surface area contributed by atoms with E-state index in [-0.39, 0.29) is 30.7 Å². The van der Waals surface area contributed by atoms with Crippen molar-refractivity contribution >= 4 is 18.3 Å². The van der Waals surface area contributed by atoms with Gasteiger partial charge in [-0.3, -0.25) is 4.79 Å². The highest BCUT2D eigenvalue weighted by molar-refractivity contribution is 5.85. The van der Waals surface area contributed by atoms with Crippen molar-refractivity contribution in [3.63, 3.8) is 0 Å². The van der Waals surface area contributed by atoms with Crippen molar-refractivity contribution in [1.82, 2.24) is 10.2 Å². The van der Waals surface area contributed by atoms with E-state index in [0.29, 0.717) is 11.5 Å². The number of alkyl halides is 3. The normalized spacial score (nSPS) is 19.0. The lowest BCUT2D eigenvalue weighted by atomic mass is 9.95. The molecule has 0 aromatic heterocycles. The summed E-state index contributed by atoms with van der Waals surface area (Å²) in [5, 5.41) is 3.11. The van der Waals surface area contributed by atoms with Crippen LogP contribution in [0.2, 0.25) is 0 Å². The van der Waals surface area contributed by atoms with E-state index >= 15 is 0 Å². The van der Waals surface area contributed by atoms with Crippen LogP contribution in [0.1, 0.15) is 36.8 Å². The number of carbonyl (C=O) groups is 1. The Labute approximate surface area is 147 Å². The molecule has 0 saturated carbocycles. The highest BCUT2D eigenvalue weighted by Crippen LogP contribution is 2.32. The predicted molar refractivity (Wildman–Crippen MR) is 90.3 cm³/mol. The molecular weight excluding hydrogens is 341 g/mol. The largest absolute Gasteiger partial charge is 0.416 e. The Hall–Kier alpha value is -1.27. The Morgan fingerprint density at radius 1 is 1.42 bits per heavy atom. The molecule has 0 spiro atoms. The second-order valence-corrected chi connectivity index (χ2v) is 6.28. The summed E-state index contributed by atoms with van der Waals surface area (Å²) in [6.07, 6.45) is -3.13. The molecule has 0 bridgehead atoms. The monoisotopic (exact) mass is 364 g/mol. The number of amides is 1. The molecule has 1 amide bonds. The lowest BCUT2D eigenvalue weighted by Crippen LogP contribution is -2.31. The number of likely N-dealkylation sites (tertiary alicyclic amines) is 1. The zero-order chi connectivity index (χ0) is 17.0. The molecule has 1 saturated heterocycles. The number of rotatable bonds is 5. The maximum atomic E-state index is 12.8. The first-order valence-corrected chi connectivity index (χ1v) is 7.90. The van der Waals surface area contributed by atoms with Gasteiger partial charge >= 0.3 is 6.18 Å². The van der Waals surface area contributed by atoms with Gasteiger partial charge in [-0.15, -0.1) is 12.4 Å². The maximum Gasteiger partial charge on any atom is 0.416 e. The molecule has 1 aromatic rings. The number of carbonyl (C=O) groups excluding carboxylic acids is 1. The van der Waals surface area contributed by atoms with E-state index < -0.39 is 11.7 Å². The molecule has 24 heavy (non-hydrogen) atoms. The van der Waals surface area contributed by atoms with Crippen molar-refractivity contribution in [3.8, 4) is 0 Å². The summed E-state index contributed by atoms with van der Waals surface area (Å²) in [5.74, 6) is 0.259. The van der Waals surface area contributed by atoms with Crippen molar-refractivity contribution in [3.05, 3.63) is 35.4 Å². The second-order valence-electron chi connectivity index (χ2n) is 6.28. The summed E-state index contributed by atoms with van der Waals surface area (Å²) in [6.45, 7) is 4.15. The molecular formula is C17H24ClF3N2O. The lowest BCUT2D eigenvalue weighted by Gasteiger charge is -2.20. The van der Waals surface area contributed by atoms with Gasteiger partial charge in [0.1, 0.15) is 0 Å². The Kier molecular flexibility index (Phi) is 7.55. The molecule has 2 atom stereocenters. The van der Waals surface area contributed by atoms with Crippen LogP contribution in [-0.4, -0.2) is 37.5 Å². The molecule has 1 aliphatic rings. The zero-order valence-corrected chi connectivity index (χ0v) is 14.7. The number of hydrogen-bond donors (Lipinski definition) is 1. The summed E-state index contributed by atoms with van der Waals surface area (Å²) in [4.78, 5) is 14.2. The Bertz CT molecular complexity index is 551. The van der Waals surface area contributed by atoms with E-state index in [0.717, 1.165) is 38.2 Å². The minimum Gasteiger partial charge on any atom is -0.342 e. The van der Waals surface area contributed by atoms with Gasteiger partial charge in [0.2, 0.25) is 5.91 Å². The molecule has 2 rings (SSSR count). The third-order valence-corrected chi connectivity index (χ3v) is 4.40. The minimum absolute atomic E-state index is 0. The van der Waals surface area contributed by atoms with E-state index in [4.69, 9.17) is 0 Å². The number of hydrogen-bond acceptors (Lipinski definition) is 2. The van der Waals surface area contributed by atoms with Gasteiger partial charge in [0.05, 0.1) is 5.56 Å². The van der Waals surface area contributed by atoms with Gasteiger partial charge in [-0.2, -0.15) is 13.2 Å². The van der Waals surface area contributed by atoms with Crippen molar-refractivity contribution in [2.24, 2.45) is 5.92 Å². The van der Waals surface area contributed by atoms with E-state index in [2.05, 4.69) is 5.32 Å². The average Bonchev–Trinajstić information content (AvgIpc) is 2.95. The molecule has 7 heteroatoms. The highest BCUT2D eigenvalue weighted by atomic mass is 35.5. The van der Waals surface area contributed by atoms with Crippen molar-refractivity contribution in [1.29, 1.82) is 0 Å². The van der Waals surface area contributed by atoms with E-state index in [9.17, 15) is 18.0 Å². The van der Waals surface area contributed by atoms with Crippen LogP contribution in [-0.2, 0) is 11.0 Å². The average molecular weight is 365 g/mol. The molecule has 0 aliphatic carbocycles. The summed E-state index contributed by atoms with van der Waals surface area (Å²) < 4.78 is 38.3. The Morgan fingerprint density at radius 2 is 2.12 bits per heavy atom. The molecule has 1 aromatic carbocycles. The maximum absolute atomic E-state index is 12.8. The molecule has 1 N–H and O–H groups in total. The fourth-order valence-electron chi connectivity index (χ4n) is 3.04. The SMILES string of the molecule is CNCC1CCN(C(=O)CC(C)c2cccc(C(F)(F)F)c2)C1.Cl. The van der Waals surface area contributed by atoms with Gasteiger partial charge < -0.3 is 10.2 Å². The standard InChI is InChI=1S/C17H23F3N2O.ClH/c1-12(14-4-3-5-15(9-14)17(18,19)20)8-16(23)22-7-6-13(11-22)10-21-2;/h3-5,9,12-13,21H,6-8,10-11H2,1-2H3;1H. The van der Waals surface area contributed by atoms with Gasteiger partial charge in [0.15, 0.2) is 0 Å². The first kappa shape index (κ1) is 20.8. The fraction of sp³-hybridized carbons (Fsp3) is 0.588. The third kappa shape index (κ3) is 5.38. The Balaban J connectivity index is 0.00000288. The van der Waals surface area contributed by atoms with Crippen LogP contribution in [0.15, 0.2) is 24.3 Å². The number of nitrogens with zero attached hydrogens (tertiary/aromatic N) is 1. The van der Waals surface area contributed by atoms with Crippen LogP contribution in [0.25, 0.3) is 0 Å². The lowest BCUT2D eigenvalue weighted by molar-refractivity contribution is -0.137. The Morgan fingerprint density at radius 3 is 2.75 bits per heavy atom. The molecule has 1 heterocycles. The van der Waals surface area contributed by atoms with Gasteiger partial charge in [0.25, 0.3) is 0 Å². The van der Waals surface area contributed by atoms with E-state index in [1.165, 1.54) is 6.07 Å². The second kappa shape index (κ2) is 8.72. The molecule has 1 aliphatic heterocycles. The highest BCUT2D eigenvalue weighted by Gasteiger charge is 2.31. The van der Waals surface area contributed by atoms with Gasteiger partial charge in [0, 0.05) is 19.5 Å². The van der Waals surface area contributed by atoms with E-state index in [1.807, 2.05) is 11.9 Å². The van der Waals surface area contributed by atoms with Crippen LogP contribution in [0.4, 0.5) is 13.2 Å². The number of nitrogens with one attached hydrogen (secondary N) is 1. The summed E-state index contributed by atoms with van der Waals surface area (Å²) >= 11 is 0. The van der Waals surface area contributed by atoms with Crippen LogP contribution in [0.5, 0.6) is 0 Å². The van der Waals surface area contributed by atoms with Gasteiger partial charge in [-0.25, -0.2) is 0 Å². The smallest absolute Gasteiger partial charge is 0.342 e. The predicted octanol–water partition coefficient (Wildman–Crippen LogP) is 3.69. The summed E-state index contributed by atoms with van der Waals surface area (Å²) in [5.41, 5.74) is -0.108. The zero-order valence-electron chi connectivity index (χ0n) is 13.9. The molecule has 3 nitrogen and oxygen atoms in total.